The molecule has 2 aromatic carbocycles. The predicted octanol–water partition coefficient (Wildman–Crippen LogP) is 3.23. The van der Waals surface area contributed by atoms with Crippen molar-refractivity contribution in [3.05, 3.63) is 53.6 Å². The number of rotatable bonds is 8. The molecule has 3 rings (SSSR count). The first-order valence-corrected chi connectivity index (χ1v) is 9.72. The first kappa shape index (κ1) is 19.8. The normalized spacial score (nSPS) is 15.1. The van der Waals surface area contributed by atoms with Crippen LogP contribution in [0.4, 0.5) is 0 Å². The molecule has 1 saturated heterocycles. The van der Waals surface area contributed by atoms with Crippen LogP contribution >= 0.6 is 11.8 Å². The van der Waals surface area contributed by atoms with Gasteiger partial charge in [0.05, 0.1) is 25.7 Å². The zero-order chi connectivity index (χ0) is 19.8. The fourth-order valence-electron chi connectivity index (χ4n) is 2.44. The summed E-state index contributed by atoms with van der Waals surface area (Å²) in [5, 5.41) is 11.1. The van der Waals surface area contributed by atoms with Crippen molar-refractivity contribution in [2.24, 2.45) is 10.2 Å². The van der Waals surface area contributed by atoms with Gasteiger partial charge in [-0.3, -0.25) is 4.79 Å². The Kier molecular flexibility index (Phi) is 6.91. The fourth-order valence-corrected chi connectivity index (χ4v) is 3.07. The van der Waals surface area contributed by atoms with Crippen molar-refractivity contribution in [1.29, 1.82) is 0 Å². The number of carbonyl (C=O) groups excluding carboxylic acids is 1. The van der Waals surface area contributed by atoms with Crippen LogP contribution in [0.1, 0.15) is 18.1 Å². The summed E-state index contributed by atoms with van der Waals surface area (Å²) in [6.45, 7) is 2.83. The van der Waals surface area contributed by atoms with Gasteiger partial charge in [-0.15, -0.1) is 5.10 Å². The number of nitrogens with zero attached hydrogens (tertiary/aromatic N) is 2. The second-order valence-corrected chi connectivity index (χ2v) is 6.73. The minimum absolute atomic E-state index is 0.0601. The summed E-state index contributed by atoms with van der Waals surface area (Å²) in [5.41, 5.74) is 1.82. The molecule has 28 heavy (non-hydrogen) atoms. The van der Waals surface area contributed by atoms with Crippen LogP contribution in [0.3, 0.4) is 0 Å². The number of methoxy groups -OCH3 is 1. The zero-order valence-corrected chi connectivity index (χ0v) is 16.5. The van der Waals surface area contributed by atoms with Crippen LogP contribution in [-0.2, 0) is 11.4 Å². The molecule has 0 radical (unpaired) electrons. The lowest BCUT2D eigenvalue weighted by atomic mass is 10.2. The van der Waals surface area contributed by atoms with Gasteiger partial charge in [-0.05, 0) is 48.4 Å². The molecule has 0 spiro atoms. The van der Waals surface area contributed by atoms with Crippen molar-refractivity contribution in [2.75, 3.05) is 19.5 Å². The summed E-state index contributed by atoms with van der Waals surface area (Å²) in [7, 11) is 1.64. The third-order valence-corrected chi connectivity index (χ3v) is 4.60. The molecule has 1 aliphatic rings. The molecule has 0 unspecified atom stereocenters. The van der Waals surface area contributed by atoms with Gasteiger partial charge in [0.2, 0.25) is 5.91 Å². The van der Waals surface area contributed by atoms with Crippen molar-refractivity contribution < 1.29 is 19.0 Å². The van der Waals surface area contributed by atoms with E-state index in [4.69, 9.17) is 14.2 Å². The van der Waals surface area contributed by atoms with Crippen molar-refractivity contribution >= 4 is 29.1 Å². The van der Waals surface area contributed by atoms with E-state index in [2.05, 4.69) is 15.5 Å². The SMILES string of the molecule is CCOc1cc(C=NN=C2NC(=O)CS2)ccc1OCc1cccc(OC)c1. The van der Waals surface area contributed by atoms with Gasteiger partial charge in [0.25, 0.3) is 0 Å². The Morgan fingerprint density at radius 1 is 1.18 bits per heavy atom. The zero-order valence-electron chi connectivity index (χ0n) is 15.7. The second-order valence-electron chi connectivity index (χ2n) is 5.77. The van der Waals surface area contributed by atoms with Gasteiger partial charge in [-0.25, -0.2) is 0 Å². The van der Waals surface area contributed by atoms with E-state index < -0.39 is 0 Å². The quantitative estimate of drug-likeness (QED) is 0.544. The van der Waals surface area contributed by atoms with E-state index in [1.54, 1.807) is 13.3 Å². The summed E-state index contributed by atoms with van der Waals surface area (Å²) in [6, 6.07) is 13.3. The lowest BCUT2D eigenvalue weighted by molar-refractivity contribution is -0.116. The number of thioether (sulfide) groups is 1. The maximum Gasteiger partial charge on any atom is 0.236 e. The van der Waals surface area contributed by atoms with E-state index in [9.17, 15) is 4.79 Å². The molecule has 2 aromatic rings. The predicted molar refractivity (Wildman–Crippen MR) is 111 cm³/mol. The summed E-state index contributed by atoms with van der Waals surface area (Å²) >= 11 is 1.33. The minimum Gasteiger partial charge on any atom is -0.497 e. The molecule has 1 amide bonds. The molecule has 0 saturated carbocycles. The smallest absolute Gasteiger partial charge is 0.236 e. The van der Waals surface area contributed by atoms with E-state index in [0.717, 1.165) is 16.9 Å². The number of amides is 1. The summed E-state index contributed by atoms with van der Waals surface area (Å²) < 4.78 is 16.9. The molecule has 1 N–H and O–H groups in total. The minimum atomic E-state index is -0.0601. The molecular formula is C20H21N3O4S. The molecular weight excluding hydrogens is 378 g/mol. The molecule has 1 fully saturated rings. The Balaban J connectivity index is 1.68. The molecule has 8 heteroatoms. The monoisotopic (exact) mass is 399 g/mol. The van der Waals surface area contributed by atoms with E-state index in [1.807, 2.05) is 49.4 Å². The molecule has 146 valence electrons. The number of ether oxygens (including phenoxy) is 3. The maximum absolute atomic E-state index is 11.1. The third kappa shape index (κ3) is 5.50. The average molecular weight is 399 g/mol. The van der Waals surface area contributed by atoms with Gasteiger partial charge in [0.15, 0.2) is 16.7 Å². The lowest BCUT2D eigenvalue weighted by Gasteiger charge is -2.13. The number of hydrogen-bond donors (Lipinski definition) is 1. The van der Waals surface area contributed by atoms with E-state index in [-0.39, 0.29) is 5.91 Å². The number of hydrogen-bond acceptors (Lipinski definition) is 7. The van der Waals surface area contributed by atoms with Crippen LogP contribution in [-0.4, -0.2) is 36.8 Å². The Labute approximate surface area is 167 Å². The second kappa shape index (κ2) is 9.80. The number of amidine groups is 1. The van der Waals surface area contributed by atoms with Crippen molar-refractivity contribution in [1.82, 2.24) is 5.32 Å². The van der Waals surface area contributed by atoms with Gasteiger partial charge in [-0.2, -0.15) is 5.10 Å². The largest absolute Gasteiger partial charge is 0.497 e. The summed E-state index contributed by atoms with van der Waals surface area (Å²) in [6.07, 6.45) is 1.60. The summed E-state index contributed by atoms with van der Waals surface area (Å²) in [5.74, 6) is 2.38. The average Bonchev–Trinajstić information content (AvgIpc) is 3.13. The first-order valence-electron chi connectivity index (χ1n) is 8.74. The maximum atomic E-state index is 11.1. The highest BCUT2D eigenvalue weighted by molar-refractivity contribution is 8.15. The van der Waals surface area contributed by atoms with Crippen molar-refractivity contribution in [2.45, 2.75) is 13.5 Å². The molecule has 1 heterocycles. The highest BCUT2D eigenvalue weighted by atomic mass is 32.2. The van der Waals surface area contributed by atoms with Crippen LogP contribution < -0.4 is 19.5 Å². The Bertz CT molecular complexity index is 899. The van der Waals surface area contributed by atoms with E-state index >= 15 is 0 Å². The number of benzene rings is 2. The third-order valence-electron chi connectivity index (χ3n) is 3.74. The van der Waals surface area contributed by atoms with Crippen LogP contribution in [0.15, 0.2) is 52.7 Å². The molecule has 0 atom stereocenters. The Hall–Kier alpha value is -3.00. The van der Waals surface area contributed by atoms with Gasteiger partial charge >= 0.3 is 0 Å². The van der Waals surface area contributed by atoms with Crippen molar-refractivity contribution in [3.8, 4) is 17.2 Å². The van der Waals surface area contributed by atoms with Gasteiger partial charge in [0, 0.05) is 0 Å². The molecule has 0 aliphatic carbocycles. The highest BCUT2D eigenvalue weighted by Gasteiger charge is 2.16. The highest BCUT2D eigenvalue weighted by Crippen LogP contribution is 2.29. The Morgan fingerprint density at radius 3 is 2.82 bits per heavy atom. The van der Waals surface area contributed by atoms with Gasteiger partial charge in [0.1, 0.15) is 12.4 Å². The number of nitrogens with one attached hydrogen (secondary N) is 1. The van der Waals surface area contributed by atoms with Crippen LogP contribution in [0.2, 0.25) is 0 Å². The van der Waals surface area contributed by atoms with Crippen LogP contribution in [0.25, 0.3) is 0 Å². The van der Waals surface area contributed by atoms with E-state index in [1.165, 1.54) is 11.8 Å². The van der Waals surface area contributed by atoms with Crippen molar-refractivity contribution in [3.63, 3.8) is 0 Å². The van der Waals surface area contributed by atoms with Crippen LogP contribution in [0.5, 0.6) is 17.2 Å². The first-order chi connectivity index (χ1) is 13.7. The van der Waals surface area contributed by atoms with E-state index in [0.29, 0.717) is 35.6 Å². The van der Waals surface area contributed by atoms with Crippen LogP contribution in [0, 0.1) is 0 Å². The fraction of sp³-hybridized carbons (Fsp3) is 0.250. The number of carbonyl (C=O) groups is 1. The summed E-state index contributed by atoms with van der Waals surface area (Å²) in [4.78, 5) is 11.1. The topological polar surface area (TPSA) is 81.5 Å². The molecule has 0 aromatic heterocycles. The standard InChI is InChI=1S/C20H21N3O4S/c1-3-26-18-10-14(11-21-23-20-22-19(24)13-28-20)7-8-17(18)27-12-15-5-4-6-16(9-15)25-2/h4-11H,3,12-13H2,1-2H3,(H,22,23,24). The molecule has 0 bridgehead atoms. The molecule has 7 nitrogen and oxygen atoms in total. The Morgan fingerprint density at radius 2 is 2.07 bits per heavy atom. The van der Waals surface area contributed by atoms with Gasteiger partial charge in [-0.1, -0.05) is 23.9 Å². The lowest BCUT2D eigenvalue weighted by Crippen LogP contribution is -2.19. The van der Waals surface area contributed by atoms with Gasteiger partial charge < -0.3 is 19.5 Å². The molecule has 1 aliphatic heterocycles.